The highest BCUT2D eigenvalue weighted by Gasteiger charge is 2.26. The number of thiophene rings is 3. The fraction of sp³-hybridized carbons (Fsp3) is 0.290. The molecular weight excluding hydrogens is 1440 g/mol. The molecule has 38 heteroatoms. The molecule has 14 heterocycles. The number of methoxy groups -OCH3 is 1. The van der Waals surface area contributed by atoms with E-state index in [0.29, 0.717) is 106 Å². The molecule has 9 N–H and O–H groups in total. The number of hydrogen-bond donors (Lipinski definition) is 8. The summed E-state index contributed by atoms with van der Waals surface area (Å²) in [6.07, 6.45) is 11.7. The number of fused-ring (bicyclic) bond motifs is 3. The van der Waals surface area contributed by atoms with Gasteiger partial charge < -0.3 is 59.4 Å². The minimum atomic E-state index is -0.661. The number of nitrogens with two attached hydrogens (primary N) is 1. The molecule has 552 valence electrons. The first kappa shape index (κ1) is 73.6. The number of nitrogens with zero attached hydrogens (tertiary/aromatic N) is 20. The molecule has 0 unspecified atom stereocenters. The van der Waals surface area contributed by atoms with E-state index in [1.165, 1.54) is 37.2 Å². The highest BCUT2D eigenvalue weighted by atomic mass is 32.1. The van der Waals surface area contributed by atoms with Crippen LogP contribution in [0.25, 0.3) is 64.8 Å². The van der Waals surface area contributed by atoms with E-state index in [-0.39, 0.29) is 16.7 Å². The number of aromatic nitrogens is 14. The average molecular weight is 1510 g/mol. The molecule has 3 saturated heterocycles. The van der Waals surface area contributed by atoms with Gasteiger partial charge >= 0.3 is 0 Å². The number of rotatable bonds is 20. The monoisotopic (exact) mass is 1510 g/mol. The lowest BCUT2D eigenvalue weighted by atomic mass is 10.2. The maximum atomic E-state index is 11.5. The maximum absolute atomic E-state index is 11.5. The van der Waals surface area contributed by atoms with Gasteiger partial charge in [0.2, 0.25) is 23.7 Å². The lowest BCUT2D eigenvalue weighted by Crippen LogP contribution is -2.36. The van der Waals surface area contributed by atoms with Gasteiger partial charge in [0.25, 0.3) is 17.7 Å². The van der Waals surface area contributed by atoms with E-state index >= 15 is 0 Å². The molecule has 1 aromatic carbocycles. The predicted molar refractivity (Wildman–Crippen MR) is 404 cm³/mol. The molecule has 107 heavy (non-hydrogen) atoms. The third kappa shape index (κ3) is 17.5. The Morgan fingerprint density at radius 2 is 0.785 bits per heavy atom. The first-order valence-electron chi connectivity index (χ1n) is 33.5. The molecule has 3 fully saturated rings. The number of carbonyl (C=O) groups excluding carboxylic acids is 3. The standard InChI is InChI=1S/C23H25N9O3S.C23H24N8O4S.C23H24N8O3S/c1-24-18-4-3-14(10-25-18)20-28-17-9-16(36-19(17)21(29-20)32-5-7-35-8-6-32)13-31(2)23-26-11-15(12-27-23)22(33)30-34;1-30(23-25-11-15(12-26-23)22(32)29-33)13-16-9-17-19(36-16)21(31-5-7-35-8-6-31)28-20(27-17)14-3-4-18(34-2)24-10-14;1-30(23-25-11-15(12-26-23)22(32)29-33)13-17-10-18-19(35-17)21(31-6-8-34-9-7-31)28-20(27-18)14-2-4-16(24)5-3-14/h3-4,9-12,34H,5-8,13H2,1-2H3,(H,24,25)(H,30,33);3-4,9-12,33H,5-8,13H2,1-2H3,(H,29,32);2-5,10-12,33H,6-9,13,24H2,1H3,(H,29,32). The highest BCUT2D eigenvalue weighted by molar-refractivity contribution is 7.20. The molecule has 0 spiro atoms. The van der Waals surface area contributed by atoms with Crippen LogP contribution in [0.1, 0.15) is 45.7 Å². The van der Waals surface area contributed by atoms with Crippen molar-refractivity contribution in [3.63, 3.8) is 0 Å². The highest BCUT2D eigenvalue weighted by Crippen LogP contribution is 2.39. The van der Waals surface area contributed by atoms with Crippen molar-refractivity contribution in [2.75, 3.05) is 155 Å². The Labute approximate surface area is 623 Å². The molecule has 0 bridgehead atoms. The molecular formula is C69H73N25O10S3. The Morgan fingerprint density at radius 1 is 0.458 bits per heavy atom. The van der Waals surface area contributed by atoms with Crippen LogP contribution in [0.15, 0.2) is 116 Å². The number of nitrogen functional groups attached to an aromatic ring is 1. The Morgan fingerprint density at radius 3 is 1.08 bits per heavy atom. The zero-order chi connectivity index (χ0) is 74.5. The Balaban J connectivity index is 0.000000142. The summed E-state index contributed by atoms with van der Waals surface area (Å²) in [5.74, 6) is 5.24. The van der Waals surface area contributed by atoms with Crippen molar-refractivity contribution < 1.29 is 49.0 Å². The van der Waals surface area contributed by atoms with Crippen LogP contribution in [0, 0.1) is 0 Å². The zero-order valence-electron chi connectivity index (χ0n) is 58.5. The van der Waals surface area contributed by atoms with Crippen LogP contribution in [-0.4, -0.2) is 217 Å². The number of anilines is 8. The third-order valence-electron chi connectivity index (χ3n) is 17.0. The molecule has 0 aliphatic carbocycles. The SMILES string of the molecule is CN(Cc1cc2nc(-c3ccc(N)cc3)nc(N3CCOCC3)c2s1)c1ncc(C(=O)NO)cn1.CNc1ccc(-c2nc(N3CCOCC3)c3sc(CN(C)c4ncc(C(=O)NO)cn4)cc3n2)cn1.COc1ccc(-c2nc(N3CCOCC3)c3sc(CN(C)c4ncc(C(=O)NO)cn4)cc3n2)cn1. The summed E-state index contributed by atoms with van der Waals surface area (Å²) in [6.45, 7) is 10.1. The van der Waals surface area contributed by atoms with Crippen LogP contribution in [-0.2, 0) is 33.8 Å². The van der Waals surface area contributed by atoms with E-state index in [2.05, 4.69) is 78.1 Å². The number of hydrogen-bond acceptors (Lipinski definition) is 35. The number of morpholine rings is 3. The van der Waals surface area contributed by atoms with Crippen LogP contribution in [0.4, 0.5) is 46.8 Å². The van der Waals surface area contributed by atoms with Crippen molar-refractivity contribution in [1.29, 1.82) is 0 Å². The molecule has 15 rings (SSSR count). The second-order valence-corrected chi connectivity index (χ2v) is 27.7. The fourth-order valence-corrected chi connectivity index (χ4v) is 14.9. The number of hydroxylamine groups is 3. The summed E-state index contributed by atoms with van der Waals surface area (Å²) in [5.41, 5.74) is 16.9. The van der Waals surface area contributed by atoms with Gasteiger partial charge in [-0.25, -0.2) is 86.2 Å². The molecule has 3 aliphatic heterocycles. The zero-order valence-corrected chi connectivity index (χ0v) is 61.0. The number of carbonyl (C=O) groups is 3. The van der Waals surface area contributed by atoms with Gasteiger partial charge in [0.15, 0.2) is 34.9 Å². The van der Waals surface area contributed by atoms with Crippen LogP contribution in [0.2, 0.25) is 0 Å². The molecule has 3 aliphatic rings. The van der Waals surface area contributed by atoms with Crippen LogP contribution in [0.3, 0.4) is 0 Å². The van der Waals surface area contributed by atoms with E-state index in [1.807, 2.05) is 85.4 Å². The number of nitrogens with one attached hydrogen (secondary N) is 4. The molecule has 3 amide bonds. The number of ether oxygens (including phenoxy) is 4. The normalized spacial score (nSPS) is 13.6. The minimum absolute atomic E-state index is 0.169. The lowest BCUT2D eigenvalue weighted by molar-refractivity contribution is 0.0701. The average Bonchev–Trinajstić information content (AvgIpc) is 1.69. The van der Waals surface area contributed by atoms with E-state index in [1.54, 1.807) is 76.0 Å². The van der Waals surface area contributed by atoms with E-state index in [9.17, 15) is 14.4 Å². The molecule has 35 nitrogen and oxygen atoms in total. The van der Waals surface area contributed by atoms with Crippen molar-refractivity contribution in [1.82, 2.24) is 86.2 Å². The fourth-order valence-electron chi connectivity index (χ4n) is 11.4. The van der Waals surface area contributed by atoms with Gasteiger partial charge in [0, 0.05) is 160 Å². The summed E-state index contributed by atoms with van der Waals surface area (Å²) in [4.78, 5) is 114. The largest absolute Gasteiger partial charge is 0.481 e. The molecule has 0 saturated carbocycles. The van der Waals surface area contributed by atoms with Gasteiger partial charge in [0.05, 0.1) is 114 Å². The Bertz CT molecular complexity index is 4840. The van der Waals surface area contributed by atoms with Crippen LogP contribution >= 0.6 is 34.0 Å². The number of amides is 3. The van der Waals surface area contributed by atoms with Crippen molar-refractivity contribution >= 4 is 129 Å². The number of pyridine rings is 2. The topological polar surface area (TPSA) is 423 Å². The van der Waals surface area contributed by atoms with Gasteiger partial charge in [0.1, 0.15) is 5.82 Å². The second kappa shape index (κ2) is 34.0. The van der Waals surface area contributed by atoms with Crippen molar-refractivity contribution in [2.45, 2.75) is 19.6 Å². The first-order valence-corrected chi connectivity index (χ1v) is 35.9. The van der Waals surface area contributed by atoms with E-state index in [0.717, 1.165) is 125 Å². The van der Waals surface area contributed by atoms with Crippen LogP contribution < -0.4 is 61.6 Å². The minimum Gasteiger partial charge on any atom is -0.481 e. The first-order chi connectivity index (χ1) is 52.1. The van der Waals surface area contributed by atoms with Crippen molar-refractivity contribution in [3.8, 4) is 40.0 Å². The van der Waals surface area contributed by atoms with Crippen molar-refractivity contribution in [2.24, 2.45) is 0 Å². The predicted octanol–water partition coefficient (Wildman–Crippen LogP) is 6.64. The van der Waals surface area contributed by atoms with Gasteiger partial charge in [-0.3, -0.25) is 30.0 Å². The van der Waals surface area contributed by atoms with Crippen LogP contribution in [0.5, 0.6) is 5.88 Å². The second-order valence-electron chi connectivity index (χ2n) is 24.3. The lowest BCUT2D eigenvalue weighted by Gasteiger charge is -2.28. The van der Waals surface area contributed by atoms with Gasteiger partial charge in [-0.1, -0.05) is 0 Å². The summed E-state index contributed by atoms with van der Waals surface area (Å²) < 4.78 is 24.9. The maximum Gasteiger partial charge on any atom is 0.277 e. The molecule has 11 aromatic heterocycles. The Kier molecular flexibility index (Phi) is 23.4. The van der Waals surface area contributed by atoms with Crippen molar-refractivity contribution in [3.05, 3.63) is 148 Å². The Hall–Kier alpha value is -11.8. The van der Waals surface area contributed by atoms with E-state index in [4.69, 9.17) is 70.2 Å². The van der Waals surface area contributed by atoms with Gasteiger partial charge in [-0.05, 0) is 60.7 Å². The summed E-state index contributed by atoms with van der Waals surface area (Å²) in [5, 5.41) is 29.3. The van der Waals surface area contributed by atoms with Gasteiger partial charge in [-0.2, -0.15) is 0 Å². The third-order valence-corrected chi connectivity index (χ3v) is 20.3. The summed E-state index contributed by atoms with van der Waals surface area (Å²) in [6, 6.07) is 21.3. The molecule has 0 radical (unpaired) electrons. The summed E-state index contributed by atoms with van der Waals surface area (Å²) in [7, 11) is 9.03. The quantitative estimate of drug-likeness (QED) is 0.0225. The molecule has 12 aromatic rings. The van der Waals surface area contributed by atoms with Gasteiger partial charge in [-0.15, -0.1) is 34.0 Å². The molecule has 0 atom stereocenters. The summed E-state index contributed by atoms with van der Waals surface area (Å²) >= 11 is 4.90. The van der Waals surface area contributed by atoms with E-state index < -0.39 is 17.7 Å². The number of benzene rings is 1. The smallest absolute Gasteiger partial charge is 0.277 e.